The molecule has 9 aromatic carbocycles. The molecule has 1 aliphatic rings. The van der Waals surface area contributed by atoms with E-state index in [4.69, 9.17) is 9.97 Å². The van der Waals surface area contributed by atoms with Gasteiger partial charge in [0.05, 0.1) is 33.1 Å². The molecule has 0 bridgehead atoms. The molecule has 3 aromatic heterocycles. The third-order valence-electron chi connectivity index (χ3n) is 13.2. The molecule has 0 amide bonds. The maximum absolute atomic E-state index is 5.59. The predicted molar refractivity (Wildman–Crippen MR) is 253 cm³/mol. The quantitative estimate of drug-likeness (QED) is 0.178. The van der Waals surface area contributed by atoms with Crippen LogP contribution in [0.4, 0.5) is 0 Å². The highest BCUT2D eigenvalue weighted by Crippen LogP contribution is 2.45. The number of rotatable bonds is 4. The number of hydrogen-bond acceptors (Lipinski definition) is 2. The van der Waals surface area contributed by atoms with Crippen LogP contribution in [0.3, 0.4) is 0 Å². The van der Waals surface area contributed by atoms with Gasteiger partial charge in [0.15, 0.2) is 5.82 Å². The van der Waals surface area contributed by atoms with Gasteiger partial charge in [-0.1, -0.05) is 152 Å². The van der Waals surface area contributed by atoms with Gasteiger partial charge in [0, 0.05) is 38.7 Å². The zero-order chi connectivity index (χ0) is 40.0. The predicted octanol–water partition coefficient (Wildman–Crippen LogP) is 14.4. The minimum atomic E-state index is 0.320. The molecule has 0 N–H and O–H groups in total. The summed E-state index contributed by atoms with van der Waals surface area (Å²) in [4.78, 5) is 11.1. The van der Waals surface area contributed by atoms with Gasteiger partial charge in [-0.25, -0.2) is 9.97 Å². The summed E-state index contributed by atoms with van der Waals surface area (Å²) in [7, 11) is 0. The van der Waals surface area contributed by atoms with E-state index in [9.17, 15) is 0 Å². The Balaban J connectivity index is 1.10. The monoisotopic (exact) mass is 778 g/mol. The van der Waals surface area contributed by atoms with Crippen LogP contribution in [0, 0.1) is 0 Å². The summed E-state index contributed by atoms with van der Waals surface area (Å²) in [6, 6.07) is 73.0. The number of aryl methyl sites for hydroxylation is 1. The Labute approximate surface area is 352 Å². The van der Waals surface area contributed by atoms with Crippen molar-refractivity contribution in [2.45, 2.75) is 18.8 Å². The van der Waals surface area contributed by atoms with E-state index in [0.717, 1.165) is 57.7 Å². The van der Waals surface area contributed by atoms with E-state index in [1.807, 2.05) is 0 Å². The van der Waals surface area contributed by atoms with E-state index in [-0.39, 0.29) is 0 Å². The van der Waals surface area contributed by atoms with Gasteiger partial charge in [-0.2, -0.15) is 0 Å². The maximum atomic E-state index is 5.59. The topological polar surface area (TPSA) is 35.6 Å². The fraction of sp³-hybridized carbons (Fsp3) is 0.0526. The van der Waals surface area contributed by atoms with Crippen LogP contribution in [0.25, 0.3) is 99.3 Å². The second-order valence-electron chi connectivity index (χ2n) is 16.4. The third kappa shape index (κ3) is 5.19. The van der Waals surface area contributed by atoms with Crippen molar-refractivity contribution < 1.29 is 0 Å². The van der Waals surface area contributed by atoms with Gasteiger partial charge in [-0.3, -0.25) is 4.57 Å². The summed E-state index contributed by atoms with van der Waals surface area (Å²) in [5.41, 5.74) is 16.0. The zero-order valence-electron chi connectivity index (χ0n) is 33.3. The average Bonchev–Trinajstić information content (AvgIpc) is 3.78. The van der Waals surface area contributed by atoms with Crippen molar-refractivity contribution in [1.29, 1.82) is 0 Å². The van der Waals surface area contributed by atoms with Gasteiger partial charge in [0.2, 0.25) is 0 Å². The minimum absolute atomic E-state index is 0.320. The number of fused-ring (bicyclic) bond motifs is 12. The molecule has 4 heteroatoms. The van der Waals surface area contributed by atoms with Crippen LogP contribution >= 0.6 is 0 Å². The van der Waals surface area contributed by atoms with Crippen molar-refractivity contribution in [3.05, 3.63) is 217 Å². The summed E-state index contributed by atoms with van der Waals surface area (Å²) >= 11 is 0. The van der Waals surface area contributed by atoms with E-state index in [1.165, 1.54) is 71.2 Å². The Kier molecular flexibility index (Phi) is 7.46. The lowest BCUT2D eigenvalue weighted by Gasteiger charge is -2.18. The summed E-state index contributed by atoms with van der Waals surface area (Å²) in [5, 5.41) is 7.31. The summed E-state index contributed by atoms with van der Waals surface area (Å²) in [6.07, 6.45) is 2.05. The van der Waals surface area contributed by atoms with Gasteiger partial charge in [0.25, 0.3) is 0 Å². The Bertz CT molecular complexity index is 3670. The summed E-state index contributed by atoms with van der Waals surface area (Å²) in [6.45, 7) is 0. The molecule has 12 aromatic rings. The molecule has 0 radical (unpaired) electrons. The van der Waals surface area contributed by atoms with Gasteiger partial charge >= 0.3 is 0 Å². The molecule has 1 atom stereocenters. The number of benzene rings is 9. The fourth-order valence-electron chi connectivity index (χ4n) is 10.4. The Hall–Kier alpha value is -7.82. The standard InChI is InChI=1S/C57H38N4/c1-2-14-36(15-3-1)41-31-28-38-26-27-39(34-48(38)44-19-7-6-18-43(41)44)56-57(59-50-23-11-10-22-49(50)58-56)61-53-33-29-37-16-4-5-17-42(37)55(53)47-32-30-40(35-54(47)61)60-51-24-12-8-20-45(51)46-21-9-13-25-52(46)60/h1-27,29-30,32-35,41H,28,31H2. The Morgan fingerprint density at radius 1 is 0.443 bits per heavy atom. The average molecular weight is 779 g/mol. The molecule has 0 spiro atoms. The fourth-order valence-corrected chi connectivity index (χ4v) is 10.4. The van der Waals surface area contributed by atoms with Crippen molar-refractivity contribution >= 4 is 65.4 Å². The normalized spacial score (nSPS) is 13.9. The summed E-state index contributed by atoms with van der Waals surface area (Å²) in [5.74, 6) is 1.14. The molecular weight excluding hydrogens is 741 g/mol. The molecule has 4 nitrogen and oxygen atoms in total. The SMILES string of the molecule is c1ccc(C2CCc3ccc(-c4nc5ccccc5nc4-n4c5cc(-n6c7ccccc7c7ccccc76)ccc5c5c6ccccc6ccc54)cc3-c3ccccc32)cc1. The van der Waals surface area contributed by atoms with Gasteiger partial charge < -0.3 is 4.57 Å². The van der Waals surface area contributed by atoms with Gasteiger partial charge in [-0.05, 0) is 100.0 Å². The van der Waals surface area contributed by atoms with Crippen LogP contribution in [0.5, 0.6) is 0 Å². The molecule has 3 heterocycles. The smallest absolute Gasteiger partial charge is 0.165 e. The second-order valence-corrected chi connectivity index (χ2v) is 16.4. The van der Waals surface area contributed by atoms with Gasteiger partial charge in [-0.15, -0.1) is 0 Å². The largest absolute Gasteiger partial charge is 0.309 e. The number of hydrogen-bond donors (Lipinski definition) is 0. The molecule has 0 saturated heterocycles. The third-order valence-corrected chi connectivity index (χ3v) is 13.2. The lowest BCUT2D eigenvalue weighted by atomic mass is 9.86. The zero-order valence-corrected chi connectivity index (χ0v) is 33.3. The number of para-hydroxylation sites is 4. The summed E-state index contributed by atoms with van der Waals surface area (Å²) < 4.78 is 4.79. The molecule has 13 rings (SSSR count). The highest BCUT2D eigenvalue weighted by atomic mass is 15.1. The van der Waals surface area contributed by atoms with Crippen molar-refractivity contribution in [3.8, 4) is 33.9 Å². The van der Waals surface area contributed by atoms with Crippen molar-refractivity contribution in [2.75, 3.05) is 0 Å². The molecule has 1 aliphatic carbocycles. The molecule has 0 fully saturated rings. The highest BCUT2D eigenvalue weighted by molar-refractivity contribution is 6.22. The first-order valence-electron chi connectivity index (χ1n) is 21.3. The highest BCUT2D eigenvalue weighted by Gasteiger charge is 2.26. The van der Waals surface area contributed by atoms with Crippen LogP contribution < -0.4 is 0 Å². The van der Waals surface area contributed by atoms with E-state index >= 15 is 0 Å². The number of nitrogens with zero attached hydrogens (tertiary/aromatic N) is 4. The van der Waals surface area contributed by atoms with Crippen LogP contribution in [0.1, 0.15) is 29.0 Å². The Morgan fingerprint density at radius 2 is 1.13 bits per heavy atom. The van der Waals surface area contributed by atoms with E-state index < -0.39 is 0 Å². The van der Waals surface area contributed by atoms with Crippen molar-refractivity contribution in [1.82, 2.24) is 19.1 Å². The lowest BCUT2D eigenvalue weighted by molar-refractivity contribution is 0.726. The van der Waals surface area contributed by atoms with Crippen LogP contribution in [-0.4, -0.2) is 19.1 Å². The first-order chi connectivity index (χ1) is 30.3. The Morgan fingerprint density at radius 3 is 1.95 bits per heavy atom. The maximum Gasteiger partial charge on any atom is 0.165 e. The minimum Gasteiger partial charge on any atom is -0.309 e. The first-order valence-corrected chi connectivity index (χ1v) is 21.3. The number of aromatic nitrogens is 4. The van der Waals surface area contributed by atoms with E-state index in [2.05, 4.69) is 209 Å². The van der Waals surface area contributed by atoms with E-state index in [0.29, 0.717) is 5.92 Å². The molecule has 1 unspecified atom stereocenters. The molecule has 286 valence electrons. The molecule has 0 aliphatic heterocycles. The van der Waals surface area contributed by atoms with E-state index in [1.54, 1.807) is 0 Å². The second kappa shape index (κ2) is 13.4. The van der Waals surface area contributed by atoms with Crippen LogP contribution in [0.2, 0.25) is 0 Å². The van der Waals surface area contributed by atoms with Crippen LogP contribution in [0.15, 0.2) is 200 Å². The molecular formula is C57H38N4. The lowest BCUT2D eigenvalue weighted by Crippen LogP contribution is -2.04. The van der Waals surface area contributed by atoms with Crippen molar-refractivity contribution in [2.24, 2.45) is 0 Å². The van der Waals surface area contributed by atoms with Crippen LogP contribution in [-0.2, 0) is 6.42 Å². The van der Waals surface area contributed by atoms with Crippen molar-refractivity contribution in [3.63, 3.8) is 0 Å². The molecule has 0 saturated carbocycles. The first kappa shape index (κ1) is 34.1. The van der Waals surface area contributed by atoms with Gasteiger partial charge in [0.1, 0.15) is 5.69 Å². The molecule has 61 heavy (non-hydrogen) atoms.